The lowest BCUT2D eigenvalue weighted by molar-refractivity contribution is 1.54. The number of halogens is 1. The van der Waals surface area contributed by atoms with Gasteiger partial charge in [0.25, 0.3) is 0 Å². The molecule has 1 aromatic heterocycles. The number of fused-ring (bicyclic) bond motifs is 4. The molecule has 0 atom stereocenters. The summed E-state index contributed by atoms with van der Waals surface area (Å²) in [5.41, 5.74) is 2.36. The summed E-state index contributed by atoms with van der Waals surface area (Å²) in [5, 5.41) is 5.11. The number of benzene rings is 3. The van der Waals surface area contributed by atoms with Crippen LogP contribution in [0.3, 0.4) is 0 Å². The molecule has 0 saturated carbocycles. The average Bonchev–Trinajstić information content (AvgIpc) is 2.76. The van der Waals surface area contributed by atoms with Crippen LogP contribution >= 0.6 is 15.9 Å². The molecule has 0 aliphatic carbocycles. The van der Waals surface area contributed by atoms with Gasteiger partial charge in [-0.05, 0) is 44.9 Å². The summed E-state index contributed by atoms with van der Waals surface area (Å²) < 4.78 is 1.11. The lowest BCUT2D eigenvalue weighted by atomic mass is 10.1. The van der Waals surface area contributed by atoms with E-state index in [1.807, 2.05) is 0 Å². The van der Waals surface area contributed by atoms with Crippen LogP contribution in [-0.4, -0.2) is 4.98 Å². The van der Waals surface area contributed by atoms with E-state index in [-0.39, 0.29) is 0 Å². The Morgan fingerprint density at radius 1 is 0.778 bits per heavy atom. The quantitative estimate of drug-likeness (QED) is 0.457. The fraction of sp³-hybridized carbons (Fsp3) is 0. The van der Waals surface area contributed by atoms with Crippen LogP contribution in [0.5, 0.6) is 0 Å². The fourth-order valence-corrected chi connectivity index (χ4v) is 3.04. The summed E-state index contributed by atoms with van der Waals surface area (Å²) in [6.07, 6.45) is 0. The van der Waals surface area contributed by atoms with Gasteiger partial charge in [0.1, 0.15) is 0 Å². The van der Waals surface area contributed by atoms with Gasteiger partial charge in [-0.15, -0.1) is 0 Å². The van der Waals surface area contributed by atoms with Gasteiger partial charge in [-0.1, -0.05) is 36.4 Å². The van der Waals surface area contributed by atoms with E-state index in [2.05, 4.69) is 75.5 Å². The molecular formula is C16H10BrN. The first-order valence-electron chi connectivity index (χ1n) is 5.92. The van der Waals surface area contributed by atoms with Crippen LogP contribution in [0.4, 0.5) is 0 Å². The third kappa shape index (κ3) is 1.33. The third-order valence-corrected chi connectivity index (χ3v) is 4.11. The normalized spacial score (nSPS) is 11.6. The number of H-pyrrole nitrogens is 1. The van der Waals surface area contributed by atoms with E-state index in [9.17, 15) is 0 Å². The van der Waals surface area contributed by atoms with E-state index in [0.29, 0.717) is 0 Å². The van der Waals surface area contributed by atoms with Gasteiger partial charge in [0.2, 0.25) is 0 Å². The second kappa shape index (κ2) is 3.59. The Hall–Kier alpha value is -1.80. The molecule has 1 heterocycles. The number of aromatic amines is 1. The molecule has 4 rings (SSSR count). The zero-order chi connectivity index (χ0) is 12.1. The zero-order valence-corrected chi connectivity index (χ0v) is 11.2. The maximum Gasteiger partial charge on any atom is 0.0609 e. The van der Waals surface area contributed by atoms with Crippen LogP contribution in [0, 0.1) is 0 Å². The summed E-state index contributed by atoms with van der Waals surface area (Å²) in [4.78, 5) is 3.49. The van der Waals surface area contributed by atoms with Crippen LogP contribution in [0.15, 0.2) is 59.1 Å². The Kier molecular flexibility index (Phi) is 2.03. The SMILES string of the molecule is Brc1cccc2c1[nH]c1cc3ccccc3cc12. The Morgan fingerprint density at radius 3 is 2.39 bits per heavy atom. The number of hydrogen-bond donors (Lipinski definition) is 1. The van der Waals surface area contributed by atoms with Crippen molar-refractivity contribution < 1.29 is 0 Å². The standard InChI is InChI=1S/C16H10BrN/c17-14-7-3-6-12-13-8-10-4-1-2-5-11(10)9-15(13)18-16(12)14/h1-9,18H. The topological polar surface area (TPSA) is 15.8 Å². The maximum absolute atomic E-state index is 3.60. The maximum atomic E-state index is 3.60. The highest BCUT2D eigenvalue weighted by Crippen LogP contribution is 2.32. The number of para-hydroxylation sites is 1. The van der Waals surface area contributed by atoms with Crippen molar-refractivity contribution in [2.45, 2.75) is 0 Å². The number of nitrogens with one attached hydrogen (secondary N) is 1. The molecule has 0 aliphatic heterocycles. The molecule has 0 saturated heterocycles. The molecule has 2 heteroatoms. The Labute approximate surface area is 113 Å². The van der Waals surface area contributed by atoms with Crippen molar-refractivity contribution in [3.05, 3.63) is 59.1 Å². The van der Waals surface area contributed by atoms with Crippen molar-refractivity contribution in [1.82, 2.24) is 4.98 Å². The van der Waals surface area contributed by atoms with Crippen molar-refractivity contribution in [1.29, 1.82) is 0 Å². The van der Waals surface area contributed by atoms with Crippen molar-refractivity contribution in [2.75, 3.05) is 0 Å². The summed E-state index contributed by atoms with van der Waals surface area (Å²) in [6.45, 7) is 0. The summed E-state index contributed by atoms with van der Waals surface area (Å²) in [6, 6.07) is 19.2. The van der Waals surface area contributed by atoms with Crippen LogP contribution in [0.2, 0.25) is 0 Å². The molecule has 0 unspecified atom stereocenters. The lowest BCUT2D eigenvalue weighted by Gasteiger charge is -1.97. The smallest absolute Gasteiger partial charge is 0.0609 e. The monoisotopic (exact) mass is 295 g/mol. The number of aromatic nitrogens is 1. The molecule has 0 radical (unpaired) electrons. The highest BCUT2D eigenvalue weighted by Gasteiger charge is 2.07. The van der Waals surface area contributed by atoms with Gasteiger partial charge in [0, 0.05) is 20.8 Å². The first kappa shape index (κ1) is 10.2. The molecule has 1 nitrogen and oxygen atoms in total. The molecular weight excluding hydrogens is 286 g/mol. The van der Waals surface area contributed by atoms with E-state index in [1.54, 1.807) is 0 Å². The summed E-state index contributed by atoms with van der Waals surface area (Å²) in [5.74, 6) is 0. The van der Waals surface area contributed by atoms with Crippen LogP contribution in [0.25, 0.3) is 32.6 Å². The van der Waals surface area contributed by atoms with Gasteiger partial charge < -0.3 is 4.98 Å². The largest absolute Gasteiger partial charge is 0.354 e. The number of hydrogen-bond acceptors (Lipinski definition) is 0. The first-order chi connectivity index (χ1) is 8.83. The Morgan fingerprint density at radius 2 is 1.56 bits per heavy atom. The van der Waals surface area contributed by atoms with Gasteiger partial charge in [-0.2, -0.15) is 0 Å². The zero-order valence-electron chi connectivity index (χ0n) is 9.57. The minimum absolute atomic E-state index is 1.11. The average molecular weight is 296 g/mol. The summed E-state index contributed by atoms with van der Waals surface area (Å²) in [7, 11) is 0. The van der Waals surface area contributed by atoms with Crippen LogP contribution in [0.1, 0.15) is 0 Å². The molecule has 18 heavy (non-hydrogen) atoms. The van der Waals surface area contributed by atoms with Gasteiger partial charge >= 0.3 is 0 Å². The minimum atomic E-state index is 1.11. The van der Waals surface area contributed by atoms with E-state index in [4.69, 9.17) is 0 Å². The third-order valence-electron chi connectivity index (χ3n) is 3.45. The van der Waals surface area contributed by atoms with Gasteiger partial charge in [0.05, 0.1) is 5.52 Å². The predicted molar refractivity (Wildman–Crippen MR) is 81.0 cm³/mol. The highest BCUT2D eigenvalue weighted by molar-refractivity contribution is 9.10. The highest BCUT2D eigenvalue weighted by atomic mass is 79.9. The predicted octanol–water partition coefficient (Wildman–Crippen LogP) is 5.24. The Bertz CT molecular complexity index is 889. The van der Waals surface area contributed by atoms with Crippen molar-refractivity contribution in [2.24, 2.45) is 0 Å². The second-order valence-electron chi connectivity index (χ2n) is 4.53. The van der Waals surface area contributed by atoms with Crippen LogP contribution in [-0.2, 0) is 0 Å². The second-order valence-corrected chi connectivity index (χ2v) is 5.39. The molecule has 0 spiro atoms. The van der Waals surface area contributed by atoms with Crippen molar-refractivity contribution in [3.63, 3.8) is 0 Å². The molecule has 4 aromatic rings. The molecule has 86 valence electrons. The fourth-order valence-electron chi connectivity index (χ4n) is 2.58. The van der Waals surface area contributed by atoms with Crippen molar-refractivity contribution >= 4 is 48.5 Å². The number of rotatable bonds is 0. The summed E-state index contributed by atoms with van der Waals surface area (Å²) >= 11 is 3.60. The molecule has 0 amide bonds. The van der Waals surface area contributed by atoms with Crippen LogP contribution < -0.4 is 0 Å². The molecule has 0 fully saturated rings. The lowest BCUT2D eigenvalue weighted by Crippen LogP contribution is -1.72. The van der Waals surface area contributed by atoms with Gasteiger partial charge in [0.15, 0.2) is 0 Å². The van der Waals surface area contributed by atoms with Gasteiger partial charge in [-0.3, -0.25) is 0 Å². The molecule has 1 N–H and O–H groups in total. The molecule has 0 bridgehead atoms. The van der Waals surface area contributed by atoms with E-state index < -0.39 is 0 Å². The molecule has 0 aliphatic rings. The van der Waals surface area contributed by atoms with Gasteiger partial charge in [-0.25, -0.2) is 0 Å². The van der Waals surface area contributed by atoms with E-state index in [1.165, 1.54) is 32.6 Å². The molecule has 3 aromatic carbocycles. The van der Waals surface area contributed by atoms with Crippen molar-refractivity contribution in [3.8, 4) is 0 Å². The van der Waals surface area contributed by atoms with E-state index in [0.717, 1.165) is 4.47 Å². The minimum Gasteiger partial charge on any atom is -0.354 e. The first-order valence-corrected chi connectivity index (χ1v) is 6.71. The van der Waals surface area contributed by atoms with E-state index >= 15 is 0 Å². The Balaban J connectivity index is 2.27.